The molecule has 6 heteroatoms. The second-order valence-electron chi connectivity index (χ2n) is 7.47. The number of benzene rings is 2. The minimum atomic E-state index is -1.29. The van der Waals surface area contributed by atoms with Gasteiger partial charge in [0.15, 0.2) is 0 Å². The van der Waals surface area contributed by atoms with Crippen LogP contribution in [0.3, 0.4) is 0 Å². The van der Waals surface area contributed by atoms with Crippen molar-refractivity contribution in [3.63, 3.8) is 0 Å². The molecule has 0 saturated heterocycles. The molecule has 1 saturated carbocycles. The van der Waals surface area contributed by atoms with Crippen molar-refractivity contribution in [2.45, 2.75) is 31.3 Å². The van der Waals surface area contributed by atoms with Gasteiger partial charge in [0.2, 0.25) is 0 Å². The van der Waals surface area contributed by atoms with Gasteiger partial charge in [0.25, 0.3) is 0 Å². The fourth-order valence-electron chi connectivity index (χ4n) is 3.60. The molecule has 1 aliphatic rings. The number of carbonyl (C=O) groups is 1. The largest absolute Gasteiger partial charge is 2.00 e. The van der Waals surface area contributed by atoms with Crippen LogP contribution < -0.4 is 5.11 Å². The molecular formula is C25H21CaFNO3+. The Hall–Kier alpha value is -2.05. The summed E-state index contributed by atoms with van der Waals surface area (Å²) >= 11 is 0. The predicted octanol–water partition coefficient (Wildman–Crippen LogP) is 3.61. The summed E-state index contributed by atoms with van der Waals surface area (Å²) in [6.07, 6.45) is 7.21. The molecule has 1 N–H and O–H groups in total. The van der Waals surface area contributed by atoms with Crippen molar-refractivity contribution in [3.8, 4) is 11.1 Å². The number of para-hydroxylation sites is 1. The average molecular weight is 443 g/mol. The summed E-state index contributed by atoms with van der Waals surface area (Å²) < 4.78 is 13.6. The molecule has 3 aromatic rings. The second-order valence-corrected chi connectivity index (χ2v) is 7.47. The third kappa shape index (κ3) is 5.80. The van der Waals surface area contributed by atoms with Crippen LogP contribution >= 0.6 is 0 Å². The number of hydrogen-bond donors (Lipinski definition) is 1. The number of aromatic nitrogens is 1. The summed E-state index contributed by atoms with van der Waals surface area (Å²) in [6, 6.07) is 14.2. The number of carboxylic acids is 1. The maximum Gasteiger partial charge on any atom is 2.00 e. The molecule has 4 nitrogen and oxygen atoms in total. The Labute approximate surface area is 210 Å². The summed E-state index contributed by atoms with van der Waals surface area (Å²) in [4.78, 5) is 15.4. The van der Waals surface area contributed by atoms with Crippen molar-refractivity contribution < 1.29 is 19.4 Å². The Balaban J connectivity index is 0.00000272. The Morgan fingerprint density at radius 1 is 1.19 bits per heavy atom. The molecule has 31 heavy (non-hydrogen) atoms. The van der Waals surface area contributed by atoms with E-state index in [0.717, 1.165) is 52.2 Å². The van der Waals surface area contributed by atoms with Gasteiger partial charge < -0.3 is 15.0 Å². The van der Waals surface area contributed by atoms with Gasteiger partial charge >= 0.3 is 37.7 Å². The number of hydrogen-bond acceptors (Lipinski definition) is 4. The average Bonchev–Trinajstić information content (AvgIpc) is 3.57. The van der Waals surface area contributed by atoms with E-state index in [4.69, 9.17) is 4.98 Å². The maximum absolute atomic E-state index is 13.6. The smallest absolute Gasteiger partial charge is 0.545 e. The monoisotopic (exact) mass is 442 g/mol. The first kappa shape index (κ1) is 23.6. The Kier molecular flexibility index (Phi) is 8.00. The third-order valence-corrected chi connectivity index (χ3v) is 5.17. The number of aliphatic carboxylic acids is 1. The normalized spacial score (nSPS) is 14.8. The minimum absolute atomic E-state index is 0. The van der Waals surface area contributed by atoms with Gasteiger partial charge in [0.1, 0.15) is 5.82 Å². The number of fused-ring (bicyclic) bond motifs is 1. The number of nitrogens with zero attached hydrogens (tertiary/aromatic N) is 1. The van der Waals surface area contributed by atoms with E-state index in [9.17, 15) is 19.4 Å². The zero-order valence-electron chi connectivity index (χ0n) is 17.0. The molecular weight excluding hydrogens is 421 g/mol. The molecule has 0 amide bonds. The molecule has 0 aliphatic heterocycles. The van der Waals surface area contributed by atoms with E-state index in [2.05, 4.69) is 0 Å². The van der Waals surface area contributed by atoms with Crippen LogP contribution in [0.1, 0.15) is 36.4 Å². The fourth-order valence-corrected chi connectivity index (χ4v) is 3.60. The van der Waals surface area contributed by atoms with Crippen LogP contribution in [0.25, 0.3) is 28.1 Å². The van der Waals surface area contributed by atoms with Crippen molar-refractivity contribution >= 4 is 60.7 Å². The van der Waals surface area contributed by atoms with E-state index in [1.54, 1.807) is 18.2 Å². The van der Waals surface area contributed by atoms with Crippen LogP contribution in [0.2, 0.25) is 0 Å². The van der Waals surface area contributed by atoms with Gasteiger partial charge in [0, 0.05) is 22.4 Å². The maximum atomic E-state index is 13.6. The number of halogens is 1. The van der Waals surface area contributed by atoms with Crippen LogP contribution in [0.5, 0.6) is 0 Å². The summed E-state index contributed by atoms with van der Waals surface area (Å²) in [6.45, 7) is 0. The summed E-state index contributed by atoms with van der Waals surface area (Å²) in [5.41, 5.74) is 4.60. The minimum Gasteiger partial charge on any atom is -0.545 e. The van der Waals surface area contributed by atoms with Crippen molar-refractivity contribution in [2.75, 3.05) is 0 Å². The molecule has 152 valence electrons. The second kappa shape index (κ2) is 10.5. The van der Waals surface area contributed by atoms with E-state index < -0.39 is 12.1 Å². The first-order chi connectivity index (χ1) is 14.5. The Bertz CT molecular complexity index is 1140. The van der Waals surface area contributed by atoms with Crippen molar-refractivity contribution in [2.24, 2.45) is 0 Å². The first-order valence-corrected chi connectivity index (χ1v) is 9.95. The molecule has 0 spiro atoms. The van der Waals surface area contributed by atoms with E-state index in [1.807, 2.05) is 30.3 Å². The molecule has 0 bridgehead atoms. The van der Waals surface area contributed by atoms with E-state index >= 15 is 0 Å². The molecule has 4 rings (SSSR count). The third-order valence-electron chi connectivity index (χ3n) is 5.17. The number of aliphatic hydroxyl groups excluding tert-OH is 1. The Morgan fingerprint density at radius 2 is 1.90 bits per heavy atom. The summed E-state index contributed by atoms with van der Waals surface area (Å²) in [7, 11) is 0. The summed E-state index contributed by atoms with van der Waals surface area (Å²) in [5.74, 6) is -1.23. The van der Waals surface area contributed by atoms with Gasteiger partial charge in [-0.2, -0.15) is 0 Å². The molecule has 1 aliphatic carbocycles. The van der Waals surface area contributed by atoms with Crippen molar-refractivity contribution in [1.29, 1.82) is 0 Å². The van der Waals surface area contributed by atoms with E-state index in [0.29, 0.717) is 5.92 Å². The quantitative estimate of drug-likeness (QED) is 0.448. The van der Waals surface area contributed by atoms with Crippen LogP contribution in [-0.4, -0.2) is 59.9 Å². The molecule has 1 fully saturated rings. The zero-order chi connectivity index (χ0) is 21.1. The van der Waals surface area contributed by atoms with Gasteiger partial charge in [0.05, 0.1) is 23.3 Å². The summed E-state index contributed by atoms with van der Waals surface area (Å²) in [5, 5.41) is 21.7. The predicted molar refractivity (Wildman–Crippen MR) is 119 cm³/mol. The molecule has 1 aromatic heterocycles. The van der Waals surface area contributed by atoms with E-state index in [1.165, 1.54) is 18.2 Å². The van der Waals surface area contributed by atoms with Crippen molar-refractivity contribution in [1.82, 2.24) is 4.98 Å². The molecule has 2 aromatic carbocycles. The molecule has 0 radical (unpaired) electrons. The van der Waals surface area contributed by atoms with Crippen LogP contribution in [-0.2, 0) is 4.79 Å². The standard InChI is InChI=1S/C25H22FNO3.Ca/c26-18-12-10-16(11-13-18)24-20-5-1-2-6-22(20)27-25(17-8-9-17)21(24)15-14-19(28)4-3-7-23(29)30;/h1-3,5-7,10-15,17,19,28H,4,8-9H2,(H,29,30);/q;+2/p-1/b7-3-,15-14+;/t19-;/m0./s1. The van der Waals surface area contributed by atoms with Crippen LogP contribution in [0.4, 0.5) is 4.39 Å². The zero-order valence-corrected chi connectivity index (χ0v) is 19.2. The number of rotatable bonds is 7. The number of carboxylic acid groups (broad SMARTS) is 1. The molecule has 1 heterocycles. The van der Waals surface area contributed by atoms with Gasteiger partial charge in [-0.25, -0.2) is 4.39 Å². The molecule has 0 unspecified atom stereocenters. The fraction of sp³-hybridized carbons (Fsp3) is 0.200. The number of pyridine rings is 1. The SMILES string of the molecule is O=C([O-])/C=C\C[C@H](O)/C=C/c1c(C2CC2)nc2ccccc2c1-c1ccc(F)cc1.[Ca+2]. The first-order valence-electron chi connectivity index (χ1n) is 9.95. The van der Waals surface area contributed by atoms with Gasteiger partial charge in [-0.1, -0.05) is 48.6 Å². The van der Waals surface area contributed by atoms with Crippen molar-refractivity contribution in [3.05, 3.63) is 83.8 Å². The van der Waals surface area contributed by atoms with Gasteiger partial charge in [-0.15, -0.1) is 0 Å². The number of aliphatic hydroxyl groups is 1. The van der Waals surface area contributed by atoms with Crippen LogP contribution in [0, 0.1) is 5.82 Å². The molecule has 1 atom stereocenters. The number of carbonyl (C=O) groups excluding carboxylic acids is 1. The van der Waals surface area contributed by atoms with Crippen LogP contribution in [0.15, 0.2) is 66.8 Å². The topological polar surface area (TPSA) is 73.2 Å². The van der Waals surface area contributed by atoms with Gasteiger partial charge in [-0.05, 0) is 49.1 Å². The van der Waals surface area contributed by atoms with Gasteiger partial charge in [-0.3, -0.25) is 4.98 Å². The Morgan fingerprint density at radius 3 is 2.58 bits per heavy atom. The van der Waals surface area contributed by atoms with E-state index in [-0.39, 0.29) is 50.0 Å².